The largest absolute Gasteiger partial charge is 0.491 e. The van der Waals surface area contributed by atoms with E-state index < -0.39 is 11.9 Å². The minimum Gasteiger partial charge on any atom is -0.491 e. The highest BCUT2D eigenvalue weighted by Crippen LogP contribution is 2.29. The van der Waals surface area contributed by atoms with E-state index in [9.17, 15) is 0 Å². The van der Waals surface area contributed by atoms with Crippen molar-refractivity contribution in [3.8, 4) is 5.75 Å². The highest BCUT2D eigenvalue weighted by Gasteiger charge is 2.17. The van der Waals surface area contributed by atoms with Gasteiger partial charge in [0.2, 0.25) is 0 Å². The standard InChI is InChI=1S/C15H21NO2.C2H2O4/c1-2-6-14-12(4-1)5-3-7-15(14)18-11-13-10-16-8-9-17-13;3-1(4)2(5)6/h3,5,7,13,16H,1-2,4,6,8-11H2;(H,3,4)(H,5,6). The molecule has 1 heterocycles. The number of carboxylic acids is 2. The second kappa shape index (κ2) is 9.24. The number of benzene rings is 1. The fourth-order valence-electron chi connectivity index (χ4n) is 2.79. The highest BCUT2D eigenvalue weighted by molar-refractivity contribution is 6.27. The van der Waals surface area contributed by atoms with Crippen LogP contribution in [0, 0.1) is 0 Å². The minimum absolute atomic E-state index is 0.193. The Morgan fingerprint density at radius 3 is 2.62 bits per heavy atom. The van der Waals surface area contributed by atoms with Crippen LogP contribution in [-0.4, -0.2) is 54.6 Å². The van der Waals surface area contributed by atoms with Crippen LogP contribution < -0.4 is 10.1 Å². The first kappa shape index (κ1) is 18.2. The summed E-state index contributed by atoms with van der Waals surface area (Å²) in [6.45, 7) is 3.30. The van der Waals surface area contributed by atoms with Crippen molar-refractivity contribution in [2.75, 3.05) is 26.3 Å². The fraction of sp³-hybridized carbons (Fsp3) is 0.529. The van der Waals surface area contributed by atoms with Gasteiger partial charge in [-0.1, -0.05) is 12.1 Å². The normalized spacial score (nSPS) is 19.4. The molecule has 3 N–H and O–H groups in total. The molecule has 0 radical (unpaired) electrons. The van der Waals surface area contributed by atoms with Crippen LogP contribution in [-0.2, 0) is 27.2 Å². The highest BCUT2D eigenvalue weighted by atomic mass is 16.5. The van der Waals surface area contributed by atoms with Crippen molar-refractivity contribution in [1.82, 2.24) is 5.32 Å². The van der Waals surface area contributed by atoms with Crippen molar-refractivity contribution < 1.29 is 29.3 Å². The van der Waals surface area contributed by atoms with Crippen LogP contribution in [0.1, 0.15) is 24.0 Å². The van der Waals surface area contributed by atoms with Crippen LogP contribution in [0.2, 0.25) is 0 Å². The summed E-state index contributed by atoms with van der Waals surface area (Å²) in [6.07, 6.45) is 5.16. The molecule has 7 heteroatoms. The summed E-state index contributed by atoms with van der Waals surface area (Å²) in [5.41, 5.74) is 2.90. The SMILES string of the molecule is O=C(O)C(=O)O.c1cc2c(c(OCC3CNCCO3)c1)CCCC2. The third kappa shape index (κ3) is 5.50. The van der Waals surface area contributed by atoms with Gasteiger partial charge < -0.3 is 25.0 Å². The van der Waals surface area contributed by atoms with Gasteiger partial charge in [-0.05, 0) is 42.9 Å². The molecule has 7 nitrogen and oxygen atoms in total. The van der Waals surface area contributed by atoms with Crippen molar-refractivity contribution in [1.29, 1.82) is 0 Å². The van der Waals surface area contributed by atoms with E-state index in [1.807, 2.05) is 0 Å². The number of hydrogen-bond donors (Lipinski definition) is 3. The monoisotopic (exact) mass is 337 g/mol. The molecule has 1 fully saturated rings. The lowest BCUT2D eigenvalue weighted by atomic mass is 9.91. The van der Waals surface area contributed by atoms with E-state index in [4.69, 9.17) is 29.3 Å². The molecule has 1 unspecified atom stereocenters. The van der Waals surface area contributed by atoms with E-state index >= 15 is 0 Å². The van der Waals surface area contributed by atoms with Crippen LogP contribution >= 0.6 is 0 Å². The molecule has 0 bridgehead atoms. The second-order valence-corrected chi connectivity index (χ2v) is 5.72. The number of fused-ring (bicyclic) bond motifs is 1. The smallest absolute Gasteiger partial charge is 0.414 e. The zero-order valence-corrected chi connectivity index (χ0v) is 13.5. The molecule has 3 rings (SSSR count). The number of aliphatic carboxylic acids is 2. The third-order valence-corrected chi connectivity index (χ3v) is 3.97. The number of hydrogen-bond acceptors (Lipinski definition) is 5. The van der Waals surface area contributed by atoms with Gasteiger partial charge in [-0.3, -0.25) is 0 Å². The summed E-state index contributed by atoms with van der Waals surface area (Å²) in [6, 6.07) is 6.44. The molecule has 0 aromatic heterocycles. The van der Waals surface area contributed by atoms with E-state index in [0.29, 0.717) is 6.61 Å². The van der Waals surface area contributed by atoms with Crippen LogP contribution in [0.4, 0.5) is 0 Å². The lowest BCUT2D eigenvalue weighted by Crippen LogP contribution is -2.41. The van der Waals surface area contributed by atoms with Gasteiger partial charge in [0.25, 0.3) is 0 Å². The van der Waals surface area contributed by atoms with E-state index in [2.05, 4.69) is 23.5 Å². The molecule has 0 amide bonds. The Balaban J connectivity index is 0.000000301. The maximum Gasteiger partial charge on any atom is 0.414 e. The van der Waals surface area contributed by atoms with Crippen LogP contribution in [0.5, 0.6) is 5.75 Å². The molecule has 1 aromatic rings. The molecule has 0 spiro atoms. The summed E-state index contributed by atoms with van der Waals surface area (Å²) in [7, 11) is 0. The first-order valence-electron chi connectivity index (χ1n) is 8.10. The molecular weight excluding hydrogens is 314 g/mol. The number of aryl methyl sites for hydroxylation is 1. The summed E-state index contributed by atoms with van der Waals surface area (Å²) >= 11 is 0. The molecule has 1 saturated heterocycles. The average Bonchev–Trinajstić information content (AvgIpc) is 2.61. The Morgan fingerprint density at radius 2 is 1.96 bits per heavy atom. The van der Waals surface area contributed by atoms with Crippen molar-refractivity contribution in [3.05, 3.63) is 29.3 Å². The molecule has 1 aromatic carbocycles. The third-order valence-electron chi connectivity index (χ3n) is 3.97. The molecule has 2 aliphatic rings. The quantitative estimate of drug-likeness (QED) is 0.709. The molecule has 132 valence electrons. The Bertz CT molecular complexity index is 556. The van der Waals surface area contributed by atoms with E-state index in [0.717, 1.165) is 31.9 Å². The van der Waals surface area contributed by atoms with Gasteiger partial charge in [0, 0.05) is 13.1 Å². The summed E-state index contributed by atoms with van der Waals surface area (Å²) in [5, 5.41) is 18.1. The van der Waals surface area contributed by atoms with Gasteiger partial charge in [0.1, 0.15) is 18.5 Å². The van der Waals surface area contributed by atoms with Gasteiger partial charge in [0.05, 0.1) is 6.61 Å². The average molecular weight is 337 g/mol. The molecule has 24 heavy (non-hydrogen) atoms. The Morgan fingerprint density at radius 1 is 1.21 bits per heavy atom. The summed E-state index contributed by atoms with van der Waals surface area (Å²) in [5.74, 6) is -2.58. The van der Waals surface area contributed by atoms with Gasteiger partial charge in [-0.2, -0.15) is 0 Å². The predicted octanol–water partition coefficient (Wildman–Crippen LogP) is 1.09. The first-order valence-corrected chi connectivity index (χ1v) is 8.10. The molecule has 0 saturated carbocycles. The topological polar surface area (TPSA) is 105 Å². The number of carboxylic acid groups (broad SMARTS) is 2. The van der Waals surface area contributed by atoms with Crippen molar-refractivity contribution >= 4 is 11.9 Å². The van der Waals surface area contributed by atoms with Gasteiger partial charge >= 0.3 is 11.9 Å². The number of morpholine rings is 1. The van der Waals surface area contributed by atoms with E-state index in [1.54, 1.807) is 0 Å². The Kier molecular flexibility index (Phi) is 7.02. The van der Waals surface area contributed by atoms with Crippen molar-refractivity contribution in [3.63, 3.8) is 0 Å². The maximum absolute atomic E-state index is 9.10. The molecule has 1 atom stereocenters. The second-order valence-electron chi connectivity index (χ2n) is 5.72. The predicted molar refractivity (Wildman–Crippen MR) is 86.5 cm³/mol. The van der Waals surface area contributed by atoms with Crippen molar-refractivity contribution in [2.24, 2.45) is 0 Å². The zero-order valence-electron chi connectivity index (χ0n) is 13.5. The zero-order chi connectivity index (χ0) is 17.4. The first-order chi connectivity index (χ1) is 11.6. The maximum atomic E-state index is 9.10. The van der Waals surface area contributed by atoms with Crippen molar-refractivity contribution in [2.45, 2.75) is 31.8 Å². The number of rotatable bonds is 3. The minimum atomic E-state index is -1.82. The van der Waals surface area contributed by atoms with Crippen LogP contribution in [0.25, 0.3) is 0 Å². The van der Waals surface area contributed by atoms with E-state index in [1.165, 1.54) is 30.4 Å². The Hall–Kier alpha value is -2.12. The molecular formula is C17H23NO6. The number of ether oxygens (including phenoxy) is 2. The molecule has 1 aliphatic heterocycles. The van der Waals surface area contributed by atoms with Gasteiger partial charge in [-0.15, -0.1) is 0 Å². The lowest BCUT2D eigenvalue weighted by molar-refractivity contribution is -0.159. The fourth-order valence-corrected chi connectivity index (χ4v) is 2.79. The summed E-state index contributed by atoms with van der Waals surface area (Å²) in [4.78, 5) is 18.2. The Labute approximate surface area is 140 Å². The lowest BCUT2D eigenvalue weighted by Gasteiger charge is -2.25. The number of carbonyl (C=O) groups is 2. The van der Waals surface area contributed by atoms with Crippen LogP contribution in [0.3, 0.4) is 0 Å². The van der Waals surface area contributed by atoms with Gasteiger partial charge in [0.15, 0.2) is 0 Å². The summed E-state index contributed by atoms with van der Waals surface area (Å²) < 4.78 is 11.6. The molecule has 1 aliphatic carbocycles. The van der Waals surface area contributed by atoms with Crippen LogP contribution in [0.15, 0.2) is 18.2 Å². The van der Waals surface area contributed by atoms with Gasteiger partial charge in [-0.25, -0.2) is 9.59 Å². The number of nitrogens with one attached hydrogen (secondary N) is 1. The van der Waals surface area contributed by atoms with E-state index in [-0.39, 0.29) is 6.10 Å².